The topological polar surface area (TPSA) is 38.6 Å². The molecule has 1 aliphatic rings. The second-order valence-corrected chi connectivity index (χ2v) is 6.87. The number of hydrogen-bond acceptors (Lipinski definition) is 4. The van der Waals surface area contributed by atoms with Gasteiger partial charge in [-0.1, -0.05) is 30.0 Å². The lowest BCUT2D eigenvalue weighted by atomic mass is 10.2. The smallest absolute Gasteiger partial charge is 0.137 e. The van der Waals surface area contributed by atoms with Crippen LogP contribution < -0.4 is 5.32 Å². The van der Waals surface area contributed by atoms with Crippen LogP contribution in [0.15, 0.2) is 24.4 Å². The number of imidazole rings is 1. The molecular weight excluding hydrogens is 302 g/mol. The molecular formula is C15H19N3OS2. The lowest BCUT2D eigenvalue weighted by molar-refractivity contribution is 0.114. The van der Waals surface area contributed by atoms with E-state index in [4.69, 9.17) is 17.0 Å². The minimum absolute atomic E-state index is 0.321. The van der Waals surface area contributed by atoms with E-state index in [1.807, 2.05) is 12.1 Å². The van der Waals surface area contributed by atoms with Gasteiger partial charge >= 0.3 is 0 Å². The number of aromatic nitrogens is 2. The number of nitrogens with one attached hydrogen (secondary N) is 1. The van der Waals surface area contributed by atoms with Crippen molar-refractivity contribution < 1.29 is 4.74 Å². The molecule has 1 atom stereocenters. The van der Waals surface area contributed by atoms with Gasteiger partial charge in [-0.15, -0.1) is 0 Å². The zero-order valence-electron chi connectivity index (χ0n) is 12.0. The molecule has 0 amide bonds. The van der Waals surface area contributed by atoms with Crippen molar-refractivity contribution in [2.45, 2.75) is 31.6 Å². The van der Waals surface area contributed by atoms with Crippen molar-refractivity contribution in [2.75, 3.05) is 13.2 Å². The van der Waals surface area contributed by atoms with E-state index >= 15 is 0 Å². The van der Waals surface area contributed by atoms with E-state index in [0.717, 1.165) is 47.4 Å². The molecule has 4 nitrogen and oxygen atoms in total. The normalized spacial score (nSPS) is 18.2. The summed E-state index contributed by atoms with van der Waals surface area (Å²) in [4.78, 5) is 4.61. The molecule has 1 aliphatic heterocycles. The van der Waals surface area contributed by atoms with E-state index in [2.05, 4.69) is 33.9 Å². The standard InChI is InChI=1S/C15H19N3OS2/c1-11-4-2-6-14-17-12(9-18(11)14)10-21-15(20)16-8-13-5-3-7-19-13/h2,4,6,9,13H,3,5,7-8,10H2,1H3,(H,16,20). The van der Waals surface area contributed by atoms with E-state index in [1.165, 1.54) is 5.69 Å². The Morgan fingerprint density at radius 1 is 1.57 bits per heavy atom. The molecule has 0 saturated carbocycles. The maximum Gasteiger partial charge on any atom is 0.137 e. The first-order valence-corrected chi connectivity index (χ1v) is 8.57. The molecule has 0 spiro atoms. The first-order valence-electron chi connectivity index (χ1n) is 7.18. The van der Waals surface area contributed by atoms with Gasteiger partial charge in [-0.2, -0.15) is 0 Å². The molecule has 3 rings (SSSR count). The maximum atomic E-state index is 5.57. The number of aryl methyl sites for hydroxylation is 1. The zero-order valence-corrected chi connectivity index (χ0v) is 13.7. The number of fused-ring (bicyclic) bond motifs is 1. The van der Waals surface area contributed by atoms with E-state index in [-0.39, 0.29) is 0 Å². The van der Waals surface area contributed by atoms with Crippen LogP contribution in [-0.2, 0) is 10.5 Å². The molecule has 0 bridgehead atoms. The van der Waals surface area contributed by atoms with Crippen molar-refractivity contribution in [1.82, 2.24) is 14.7 Å². The minimum Gasteiger partial charge on any atom is -0.376 e. The Labute approximate surface area is 134 Å². The summed E-state index contributed by atoms with van der Waals surface area (Å²) in [5, 5.41) is 3.27. The van der Waals surface area contributed by atoms with Crippen LogP contribution in [0.2, 0.25) is 0 Å². The molecule has 2 aromatic rings. The Balaban J connectivity index is 1.51. The fourth-order valence-corrected chi connectivity index (χ4v) is 3.32. The lowest BCUT2D eigenvalue weighted by Crippen LogP contribution is -2.28. The predicted octanol–water partition coefficient (Wildman–Crippen LogP) is 2.93. The molecule has 6 heteroatoms. The van der Waals surface area contributed by atoms with Crippen LogP contribution >= 0.6 is 24.0 Å². The summed E-state index contributed by atoms with van der Waals surface area (Å²) in [6.45, 7) is 3.78. The van der Waals surface area contributed by atoms with Gasteiger partial charge in [-0.3, -0.25) is 0 Å². The summed E-state index contributed by atoms with van der Waals surface area (Å²) in [7, 11) is 0. The molecule has 3 heterocycles. The van der Waals surface area contributed by atoms with E-state index < -0.39 is 0 Å². The first kappa shape index (κ1) is 14.8. The van der Waals surface area contributed by atoms with Crippen LogP contribution in [0.5, 0.6) is 0 Å². The van der Waals surface area contributed by atoms with Gasteiger partial charge in [-0.05, 0) is 31.9 Å². The largest absolute Gasteiger partial charge is 0.376 e. The third-order valence-electron chi connectivity index (χ3n) is 3.60. The summed E-state index contributed by atoms with van der Waals surface area (Å²) in [6.07, 6.45) is 4.69. The Morgan fingerprint density at radius 3 is 3.24 bits per heavy atom. The zero-order chi connectivity index (χ0) is 14.7. The van der Waals surface area contributed by atoms with Crippen molar-refractivity contribution >= 4 is 33.9 Å². The maximum absolute atomic E-state index is 5.57. The fourth-order valence-electron chi connectivity index (χ4n) is 2.46. The van der Waals surface area contributed by atoms with Gasteiger partial charge in [0.05, 0.1) is 11.8 Å². The van der Waals surface area contributed by atoms with Crippen LogP contribution in [0.25, 0.3) is 5.65 Å². The Morgan fingerprint density at radius 2 is 2.48 bits per heavy atom. The summed E-state index contributed by atoms with van der Waals surface area (Å²) in [6, 6.07) is 6.14. The van der Waals surface area contributed by atoms with Crippen LogP contribution in [0.3, 0.4) is 0 Å². The highest BCUT2D eigenvalue weighted by atomic mass is 32.2. The van der Waals surface area contributed by atoms with Gasteiger partial charge in [0.1, 0.15) is 9.97 Å². The van der Waals surface area contributed by atoms with Crippen molar-refractivity contribution in [3.05, 3.63) is 35.8 Å². The van der Waals surface area contributed by atoms with Crippen LogP contribution in [0.1, 0.15) is 24.2 Å². The van der Waals surface area contributed by atoms with Gasteiger partial charge in [0.25, 0.3) is 0 Å². The third kappa shape index (κ3) is 3.75. The molecule has 1 unspecified atom stereocenters. The highest BCUT2D eigenvalue weighted by Gasteiger charge is 2.15. The third-order valence-corrected chi connectivity index (χ3v) is 4.94. The minimum atomic E-state index is 0.321. The van der Waals surface area contributed by atoms with Crippen LogP contribution in [-0.4, -0.2) is 33.0 Å². The molecule has 1 N–H and O–H groups in total. The average Bonchev–Trinajstić information content (AvgIpc) is 3.12. The summed E-state index contributed by atoms with van der Waals surface area (Å²) < 4.78 is 8.50. The Bertz CT molecular complexity index is 635. The van der Waals surface area contributed by atoms with Crippen LogP contribution in [0.4, 0.5) is 0 Å². The number of nitrogens with zero attached hydrogens (tertiary/aromatic N) is 2. The number of thioether (sulfide) groups is 1. The Hall–Kier alpha value is -1.11. The monoisotopic (exact) mass is 321 g/mol. The van der Waals surface area contributed by atoms with Crippen LogP contribution in [0, 0.1) is 6.92 Å². The molecule has 0 aliphatic carbocycles. The van der Waals surface area contributed by atoms with Crippen molar-refractivity contribution in [3.63, 3.8) is 0 Å². The molecule has 112 valence electrons. The van der Waals surface area contributed by atoms with E-state index in [9.17, 15) is 0 Å². The predicted molar refractivity (Wildman–Crippen MR) is 90.8 cm³/mol. The quantitative estimate of drug-likeness (QED) is 0.877. The molecule has 1 fully saturated rings. The molecule has 21 heavy (non-hydrogen) atoms. The number of rotatable bonds is 4. The number of thiocarbonyl (C=S) groups is 1. The molecule has 1 saturated heterocycles. The van der Waals surface area contributed by atoms with Gasteiger partial charge in [-0.25, -0.2) is 4.98 Å². The number of hydrogen-bond donors (Lipinski definition) is 1. The van der Waals surface area contributed by atoms with E-state index in [0.29, 0.717) is 6.10 Å². The second kappa shape index (κ2) is 6.77. The summed E-state index contributed by atoms with van der Waals surface area (Å²) in [5.74, 6) is 0.790. The van der Waals surface area contributed by atoms with Gasteiger partial charge < -0.3 is 14.5 Å². The highest BCUT2D eigenvalue weighted by Crippen LogP contribution is 2.16. The Kier molecular flexibility index (Phi) is 4.77. The van der Waals surface area contributed by atoms with Crippen molar-refractivity contribution in [1.29, 1.82) is 0 Å². The first-order chi connectivity index (χ1) is 10.2. The van der Waals surface area contributed by atoms with Gasteiger partial charge in [0.15, 0.2) is 0 Å². The average molecular weight is 321 g/mol. The number of ether oxygens (including phenoxy) is 1. The fraction of sp³-hybridized carbons (Fsp3) is 0.467. The van der Waals surface area contributed by atoms with Gasteiger partial charge in [0, 0.05) is 30.8 Å². The molecule has 0 radical (unpaired) electrons. The molecule has 0 aromatic carbocycles. The van der Waals surface area contributed by atoms with Crippen molar-refractivity contribution in [3.8, 4) is 0 Å². The summed E-state index contributed by atoms with van der Waals surface area (Å²) >= 11 is 6.98. The molecule has 2 aromatic heterocycles. The number of pyridine rings is 1. The van der Waals surface area contributed by atoms with Crippen molar-refractivity contribution in [2.24, 2.45) is 0 Å². The lowest BCUT2D eigenvalue weighted by Gasteiger charge is -2.11. The highest BCUT2D eigenvalue weighted by molar-refractivity contribution is 8.22. The summed E-state index contributed by atoms with van der Waals surface area (Å²) in [5.41, 5.74) is 3.23. The van der Waals surface area contributed by atoms with Gasteiger partial charge in [0.2, 0.25) is 0 Å². The second-order valence-electron chi connectivity index (χ2n) is 5.22. The van der Waals surface area contributed by atoms with E-state index in [1.54, 1.807) is 11.8 Å². The SMILES string of the molecule is Cc1cccc2nc(CSC(=S)NCC3CCCO3)cn12.